The Morgan fingerprint density at radius 1 is 0.853 bits per heavy atom. The lowest BCUT2D eigenvalue weighted by atomic mass is 9.55. The maximum Gasteiger partial charge on any atom is 0.239 e. The van der Waals surface area contributed by atoms with E-state index in [9.17, 15) is 10.2 Å². The van der Waals surface area contributed by atoms with Crippen molar-refractivity contribution in [1.82, 2.24) is 4.90 Å². The van der Waals surface area contributed by atoms with Crippen molar-refractivity contribution in [3.63, 3.8) is 0 Å². The highest BCUT2D eigenvalue weighted by atomic mass is 16.7. The first kappa shape index (κ1) is 47.4. The van der Waals surface area contributed by atoms with Crippen LogP contribution >= 0.6 is 0 Å². The third kappa shape index (κ3) is 10.2. The van der Waals surface area contributed by atoms with E-state index in [1.807, 2.05) is 72.5 Å². The van der Waals surface area contributed by atoms with E-state index in [0.29, 0.717) is 61.2 Å². The zero-order chi connectivity index (χ0) is 46.9. The molecule has 68 heavy (non-hydrogen) atoms. The van der Waals surface area contributed by atoms with Gasteiger partial charge in [0.2, 0.25) is 18.5 Å². The number of aliphatic hydroxyl groups excluding tert-OH is 2. The monoisotopic (exact) mass is 924 g/mol. The van der Waals surface area contributed by atoms with Crippen molar-refractivity contribution in [2.24, 2.45) is 28.8 Å². The molecule has 3 aliphatic carbocycles. The highest BCUT2D eigenvalue weighted by Gasteiger charge is 2.65. The van der Waals surface area contributed by atoms with E-state index in [1.165, 1.54) is 12.8 Å². The highest BCUT2D eigenvalue weighted by molar-refractivity contribution is 6.03. The van der Waals surface area contributed by atoms with Crippen LogP contribution in [-0.2, 0) is 20.9 Å². The van der Waals surface area contributed by atoms with Gasteiger partial charge in [0, 0.05) is 44.1 Å². The first-order valence-corrected chi connectivity index (χ1v) is 25.1. The molecule has 9 rings (SSSR count). The molecule has 0 unspecified atom stereocenters. The number of aliphatic hydroxyl groups is 2. The summed E-state index contributed by atoms with van der Waals surface area (Å²) in [6.45, 7) is 7.29. The fourth-order valence-electron chi connectivity index (χ4n) is 11.7. The Balaban J connectivity index is 1.19. The molecule has 2 aliphatic heterocycles. The van der Waals surface area contributed by atoms with Gasteiger partial charge in [0.1, 0.15) is 29.9 Å². The normalized spacial score (nSPS) is 24.1. The quantitative estimate of drug-likeness (QED) is 0.0450. The minimum absolute atomic E-state index is 0.0366. The predicted molar refractivity (Wildman–Crippen MR) is 263 cm³/mol. The molecule has 2 saturated carbocycles. The van der Waals surface area contributed by atoms with Gasteiger partial charge >= 0.3 is 0 Å². The van der Waals surface area contributed by atoms with Crippen LogP contribution in [0.2, 0.25) is 0 Å². The number of carbonyl (C=O) groups excluding carboxylic acids is 1. The van der Waals surface area contributed by atoms with Gasteiger partial charge in [0.15, 0.2) is 11.5 Å². The van der Waals surface area contributed by atoms with Gasteiger partial charge in [0.25, 0.3) is 0 Å². The summed E-state index contributed by atoms with van der Waals surface area (Å²) in [5, 5.41) is 25.0. The van der Waals surface area contributed by atoms with Gasteiger partial charge in [-0.15, -0.1) is 6.58 Å². The Kier molecular flexibility index (Phi) is 15.5. The van der Waals surface area contributed by atoms with Gasteiger partial charge in [0.05, 0.1) is 18.2 Å². The topological polar surface area (TPSA) is 129 Å². The molecule has 0 radical (unpaired) electrons. The molecule has 2 N–H and O–H groups in total. The maximum absolute atomic E-state index is 15.3. The van der Waals surface area contributed by atoms with Crippen molar-refractivity contribution in [3.8, 4) is 39.9 Å². The van der Waals surface area contributed by atoms with E-state index >= 15 is 4.79 Å². The first-order valence-electron chi connectivity index (χ1n) is 25.1. The SMILES string of the molecule is C=CCO[C@@]12Oc3ccc(Oc4ccc(-c5ccccc5)cc4)cc3[C@H]3[C@H](CCCCO)[C@@H](CCCCO)C=C(C(=NOCC)C[C@@H]1N(Cc1ccc4c(c1)OCO4)C(=O)CCC1CCCC1)[C@H]32. The zero-order valence-electron chi connectivity index (χ0n) is 39.6. The van der Waals surface area contributed by atoms with Crippen LogP contribution in [0.15, 0.2) is 120 Å². The number of fused-ring (bicyclic) bond motifs is 3. The number of rotatable bonds is 22. The lowest BCUT2D eigenvalue weighted by Crippen LogP contribution is -2.70. The van der Waals surface area contributed by atoms with Crippen molar-refractivity contribution in [2.75, 3.05) is 33.2 Å². The summed E-state index contributed by atoms with van der Waals surface area (Å²) in [7, 11) is 0. The van der Waals surface area contributed by atoms with E-state index in [-0.39, 0.29) is 56.8 Å². The molecule has 11 nitrogen and oxygen atoms in total. The number of ether oxygens (including phenoxy) is 5. The van der Waals surface area contributed by atoms with Crippen LogP contribution in [-0.4, -0.2) is 71.8 Å². The molecular formula is C57H68N2O9. The third-order valence-corrected chi connectivity index (χ3v) is 14.9. The second-order valence-electron chi connectivity index (χ2n) is 19.1. The van der Waals surface area contributed by atoms with Crippen molar-refractivity contribution in [3.05, 3.63) is 126 Å². The Bertz CT molecular complexity index is 2400. The number of hydrogen-bond acceptors (Lipinski definition) is 10. The number of amides is 1. The van der Waals surface area contributed by atoms with Crippen LogP contribution in [0.5, 0.6) is 28.7 Å². The number of nitrogens with zero attached hydrogens (tertiary/aromatic N) is 2. The van der Waals surface area contributed by atoms with Gasteiger partial charge in [-0.25, -0.2) is 0 Å². The van der Waals surface area contributed by atoms with Gasteiger partial charge in [-0.05, 0) is 122 Å². The van der Waals surface area contributed by atoms with Crippen LogP contribution in [0.4, 0.5) is 0 Å². The lowest BCUT2D eigenvalue weighted by molar-refractivity contribution is -0.258. The van der Waals surface area contributed by atoms with Crippen LogP contribution in [0.25, 0.3) is 11.1 Å². The van der Waals surface area contributed by atoms with Gasteiger partial charge < -0.3 is 43.6 Å². The fourth-order valence-corrected chi connectivity index (χ4v) is 11.7. The average molecular weight is 925 g/mol. The minimum Gasteiger partial charge on any atom is -0.459 e. The summed E-state index contributed by atoms with van der Waals surface area (Å²) in [4.78, 5) is 23.3. The van der Waals surface area contributed by atoms with Crippen LogP contribution in [0.3, 0.4) is 0 Å². The summed E-state index contributed by atoms with van der Waals surface area (Å²) in [5.74, 6) is 2.19. The molecule has 11 heteroatoms. The molecule has 2 fully saturated rings. The number of oxime groups is 1. The summed E-state index contributed by atoms with van der Waals surface area (Å²) < 4.78 is 33.0. The summed E-state index contributed by atoms with van der Waals surface area (Å²) in [6.07, 6.45) is 15.2. The molecule has 360 valence electrons. The number of allylic oxidation sites excluding steroid dienone is 1. The second-order valence-corrected chi connectivity index (χ2v) is 19.1. The summed E-state index contributed by atoms with van der Waals surface area (Å²) >= 11 is 0. The second kappa shape index (κ2) is 22.2. The Morgan fingerprint density at radius 2 is 1.59 bits per heavy atom. The summed E-state index contributed by atoms with van der Waals surface area (Å²) in [5.41, 5.74) is 5.94. The predicted octanol–water partition coefficient (Wildman–Crippen LogP) is 11.5. The molecule has 0 saturated heterocycles. The molecule has 2 heterocycles. The minimum atomic E-state index is -1.37. The average Bonchev–Trinajstić information content (AvgIpc) is 4.08. The van der Waals surface area contributed by atoms with Gasteiger partial charge in [-0.2, -0.15) is 0 Å². The smallest absolute Gasteiger partial charge is 0.239 e. The largest absolute Gasteiger partial charge is 0.459 e. The number of carbonyl (C=O) groups is 1. The van der Waals surface area contributed by atoms with Crippen molar-refractivity contribution in [2.45, 2.75) is 115 Å². The zero-order valence-corrected chi connectivity index (χ0v) is 39.6. The molecule has 4 aromatic rings. The van der Waals surface area contributed by atoms with Crippen LogP contribution in [0.1, 0.15) is 107 Å². The summed E-state index contributed by atoms with van der Waals surface area (Å²) in [6, 6.07) is 29.8. The lowest BCUT2D eigenvalue weighted by Gasteiger charge is -2.60. The standard InChI is InChI=1S/C57H68N2O9/c1-3-32-65-57-53(59(54(62)29-21-39-14-8-9-15-39)37-40-20-27-51-52(33-40)64-38-63-51)36-49(58-66-4-2)47-34-43(18-10-12-30-60)46(19-11-13-31-61)55(56(47)57)48-35-45(26-28-50(48)68-57)67-44-24-22-42(23-25-44)41-16-6-5-7-17-41/h3,5-7,16-17,20,22-28,33-35,39,43,46,53,55-56,60-61H,1,4,8-15,18-19,21,29-32,36-38H2,2H3/t43-,46+,53-,55+,56+,57+/m0/s1. The van der Waals surface area contributed by atoms with E-state index < -0.39 is 17.7 Å². The van der Waals surface area contributed by atoms with E-state index in [1.54, 1.807) is 6.08 Å². The Labute approximate surface area is 401 Å². The van der Waals surface area contributed by atoms with Gasteiger partial charge in [-0.1, -0.05) is 104 Å². The molecule has 6 atom stereocenters. The van der Waals surface area contributed by atoms with Crippen molar-refractivity contribution >= 4 is 11.6 Å². The Morgan fingerprint density at radius 3 is 2.35 bits per heavy atom. The molecule has 5 aliphatic rings. The fraction of sp³-hybridized carbons (Fsp3) is 0.474. The highest BCUT2D eigenvalue weighted by Crippen LogP contribution is 2.62. The van der Waals surface area contributed by atoms with Crippen LogP contribution < -0.4 is 18.9 Å². The molecule has 4 aromatic carbocycles. The molecular weight excluding hydrogens is 857 g/mol. The van der Waals surface area contributed by atoms with E-state index in [2.05, 4.69) is 43.0 Å². The van der Waals surface area contributed by atoms with Crippen LogP contribution in [0, 0.1) is 23.7 Å². The van der Waals surface area contributed by atoms with Crippen molar-refractivity contribution in [1.29, 1.82) is 0 Å². The maximum atomic E-state index is 15.3. The number of hydrogen-bond donors (Lipinski definition) is 2. The molecule has 0 bridgehead atoms. The van der Waals surface area contributed by atoms with E-state index in [4.69, 9.17) is 33.7 Å². The molecule has 1 amide bonds. The van der Waals surface area contributed by atoms with Gasteiger partial charge in [-0.3, -0.25) is 4.79 Å². The number of benzene rings is 4. The first-order chi connectivity index (χ1) is 33.4. The van der Waals surface area contributed by atoms with E-state index in [0.717, 1.165) is 84.2 Å². The number of unbranched alkanes of at least 4 members (excludes halogenated alkanes) is 2. The molecule has 0 aromatic heterocycles. The molecule has 0 spiro atoms. The Hall–Kier alpha value is -5.62. The third-order valence-electron chi connectivity index (χ3n) is 14.9. The van der Waals surface area contributed by atoms with Crippen molar-refractivity contribution < 1.29 is 43.5 Å².